The first-order valence-corrected chi connectivity index (χ1v) is 7.35. The Morgan fingerprint density at radius 3 is 2.26 bits per heavy atom. The summed E-state index contributed by atoms with van der Waals surface area (Å²) in [5.74, 6) is 1.24. The Kier molecular flexibility index (Phi) is 4.80. The summed E-state index contributed by atoms with van der Waals surface area (Å²) in [6.45, 7) is 2.49. The van der Waals surface area contributed by atoms with Crippen molar-refractivity contribution < 1.29 is 9.59 Å². The lowest BCUT2D eigenvalue weighted by Gasteiger charge is -2.43. The maximum atomic E-state index is 12.1. The van der Waals surface area contributed by atoms with Crippen LogP contribution >= 0.6 is 0 Å². The molecule has 0 aromatic rings. The minimum absolute atomic E-state index is 0.0626. The number of rotatable bonds is 4. The number of fused-ring (bicyclic) bond motifs is 2. The molecule has 0 aliphatic heterocycles. The summed E-state index contributed by atoms with van der Waals surface area (Å²) in [5, 5.41) is 5.59. The van der Waals surface area contributed by atoms with Crippen molar-refractivity contribution in [3.05, 3.63) is 0 Å². The van der Waals surface area contributed by atoms with Crippen molar-refractivity contribution in [3.8, 4) is 0 Å². The van der Waals surface area contributed by atoms with Crippen LogP contribution in [0.1, 0.15) is 39.0 Å². The maximum absolute atomic E-state index is 12.1. The molecule has 19 heavy (non-hydrogen) atoms. The molecule has 0 saturated heterocycles. The third-order valence-corrected chi connectivity index (χ3v) is 4.58. The number of carbonyl (C=O) groups excluding carboxylic acids is 2. The third-order valence-electron chi connectivity index (χ3n) is 4.58. The largest absolute Gasteiger partial charge is 0.355 e. The summed E-state index contributed by atoms with van der Waals surface area (Å²) in [5.41, 5.74) is 6.22. The van der Waals surface area contributed by atoms with Crippen LogP contribution in [0.25, 0.3) is 0 Å². The Morgan fingerprint density at radius 1 is 1.11 bits per heavy atom. The minimum Gasteiger partial charge on any atom is -0.355 e. The number of nitrogens with two attached hydrogens (primary N) is 1. The van der Waals surface area contributed by atoms with E-state index in [1.54, 1.807) is 0 Å². The van der Waals surface area contributed by atoms with Crippen molar-refractivity contribution in [1.82, 2.24) is 10.6 Å². The molecule has 0 heterocycles. The smallest absolute Gasteiger partial charge is 0.223 e. The lowest BCUT2D eigenvalue weighted by atomic mass is 9.65. The molecule has 2 saturated carbocycles. The topological polar surface area (TPSA) is 84.2 Å². The lowest BCUT2D eigenvalue weighted by Crippen LogP contribution is -2.49. The number of hydrogen-bond donors (Lipinski definition) is 3. The molecule has 0 radical (unpaired) electrons. The van der Waals surface area contributed by atoms with Crippen LogP contribution in [0.2, 0.25) is 0 Å². The zero-order chi connectivity index (χ0) is 13.8. The van der Waals surface area contributed by atoms with E-state index in [2.05, 4.69) is 10.6 Å². The Labute approximate surface area is 114 Å². The highest BCUT2D eigenvalue weighted by Crippen LogP contribution is 2.41. The first-order valence-electron chi connectivity index (χ1n) is 7.35. The van der Waals surface area contributed by atoms with Crippen LogP contribution in [0.15, 0.2) is 0 Å². The van der Waals surface area contributed by atoms with Gasteiger partial charge in [0.25, 0.3) is 0 Å². The highest BCUT2D eigenvalue weighted by atomic mass is 16.2. The van der Waals surface area contributed by atoms with Gasteiger partial charge in [-0.05, 0) is 37.5 Å². The van der Waals surface area contributed by atoms with Crippen LogP contribution in [0.3, 0.4) is 0 Å². The maximum Gasteiger partial charge on any atom is 0.223 e. The van der Waals surface area contributed by atoms with Crippen LogP contribution in [0.5, 0.6) is 0 Å². The van der Waals surface area contributed by atoms with Crippen LogP contribution in [0.4, 0.5) is 0 Å². The normalized spacial score (nSPS) is 33.6. The molecule has 2 amide bonds. The summed E-state index contributed by atoms with van der Waals surface area (Å²) in [7, 11) is 0. The molecule has 2 rings (SSSR count). The summed E-state index contributed by atoms with van der Waals surface area (Å²) in [6, 6.07) is 0.303. The first-order chi connectivity index (χ1) is 9.08. The molecule has 2 bridgehead atoms. The molecule has 2 aliphatic carbocycles. The van der Waals surface area contributed by atoms with Gasteiger partial charge in [-0.15, -0.1) is 0 Å². The molecule has 2 fully saturated rings. The van der Waals surface area contributed by atoms with Gasteiger partial charge < -0.3 is 16.4 Å². The zero-order valence-corrected chi connectivity index (χ0v) is 11.7. The van der Waals surface area contributed by atoms with Gasteiger partial charge in [-0.1, -0.05) is 6.42 Å². The fraction of sp³-hybridized carbons (Fsp3) is 0.857. The second-order valence-electron chi connectivity index (χ2n) is 5.97. The van der Waals surface area contributed by atoms with E-state index in [9.17, 15) is 9.59 Å². The standard InChI is InChI=1S/C14H25N3O2/c1-9(18)16-5-6-17-14(19)12-7-10-3-2-4-11(8-12)13(10)15/h10-13H,2-8,15H2,1H3,(H,16,18)(H,17,19). The Hall–Kier alpha value is -1.10. The zero-order valence-electron chi connectivity index (χ0n) is 11.7. The van der Waals surface area contributed by atoms with Crippen molar-refractivity contribution in [3.63, 3.8) is 0 Å². The van der Waals surface area contributed by atoms with E-state index < -0.39 is 0 Å². The highest BCUT2D eigenvalue weighted by molar-refractivity contribution is 5.79. The molecular formula is C14H25N3O2. The SMILES string of the molecule is CC(=O)NCCNC(=O)C1CC2CCCC(C1)C2N. The molecule has 0 aromatic carbocycles. The van der Waals surface area contributed by atoms with Crippen molar-refractivity contribution >= 4 is 11.8 Å². The average molecular weight is 267 g/mol. The number of carbonyl (C=O) groups is 2. The number of amides is 2. The Bertz CT molecular complexity index is 332. The van der Waals surface area contributed by atoms with Crippen molar-refractivity contribution in [1.29, 1.82) is 0 Å². The van der Waals surface area contributed by atoms with Gasteiger partial charge in [0.1, 0.15) is 0 Å². The van der Waals surface area contributed by atoms with Gasteiger partial charge in [0.2, 0.25) is 11.8 Å². The van der Waals surface area contributed by atoms with Gasteiger partial charge in [0, 0.05) is 32.0 Å². The molecule has 5 nitrogen and oxygen atoms in total. The fourth-order valence-corrected chi connectivity index (χ4v) is 3.57. The number of hydrogen-bond acceptors (Lipinski definition) is 3. The Morgan fingerprint density at radius 2 is 1.68 bits per heavy atom. The van der Waals surface area contributed by atoms with Crippen LogP contribution < -0.4 is 16.4 Å². The molecule has 0 spiro atoms. The molecule has 4 N–H and O–H groups in total. The summed E-state index contributed by atoms with van der Waals surface area (Å²) < 4.78 is 0. The van der Waals surface area contributed by atoms with E-state index in [0.29, 0.717) is 31.0 Å². The predicted octanol–water partition coefficient (Wildman–Crippen LogP) is 0.392. The van der Waals surface area contributed by atoms with E-state index in [1.165, 1.54) is 26.2 Å². The van der Waals surface area contributed by atoms with Gasteiger partial charge in [-0.25, -0.2) is 0 Å². The lowest BCUT2D eigenvalue weighted by molar-refractivity contribution is -0.128. The summed E-state index contributed by atoms with van der Waals surface area (Å²) >= 11 is 0. The average Bonchev–Trinajstić information content (AvgIpc) is 2.33. The van der Waals surface area contributed by atoms with Crippen molar-refractivity contribution in [2.24, 2.45) is 23.5 Å². The Balaban J connectivity index is 1.76. The second kappa shape index (κ2) is 6.37. The predicted molar refractivity (Wildman–Crippen MR) is 73.2 cm³/mol. The first kappa shape index (κ1) is 14.3. The monoisotopic (exact) mass is 267 g/mol. The van der Waals surface area contributed by atoms with E-state index in [1.807, 2.05) is 0 Å². The van der Waals surface area contributed by atoms with E-state index >= 15 is 0 Å². The minimum atomic E-state index is -0.0626. The van der Waals surface area contributed by atoms with Crippen LogP contribution in [0, 0.1) is 17.8 Å². The van der Waals surface area contributed by atoms with Crippen LogP contribution in [-0.4, -0.2) is 30.9 Å². The summed E-state index contributed by atoms with van der Waals surface area (Å²) in [4.78, 5) is 22.8. The third kappa shape index (κ3) is 3.69. The molecule has 2 atom stereocenters. The molecule has 5 heteroatoms. The van der Waals surface area contributed by atoms with Crippen molar-refractivity contribution in [2.45, 2.75) is 45.1 Å². The summed E-state index contributed by atoms with van der Waals surface area (Å²) in [6.07, 6.45) is 5.48. The molecule has 0 aromatic heterocycles. The molecular weight excluding hydrogens is 242 g/mol. The molecule has 108 valence electrons. The van der Waals surface area contributed by atoms with Crippen molar-refractivity contribution in [2.75, 3.05) is 13.1 Å². The molecule has 2 unspecified atom stereocenters. The van der Waals surface area contributed by atoms with Crippen LogP contribution in [-0.2, 0) is 9.59 Å². The van der Waals surface area contributed by atoms with Gasteiger partial charge >= 0.3 is 0 Å². The quantitative estimate of drug-likeness (QED) is 0.644. The van der Waals surface area contributed by atoms with Gasteiger partial charge in [-0.2, -0.15) is 0 Å². The highest BCUT2D eigenvalue weighted by Gasteiger charge is 2.40. The van der Waals surface area contributed by atoms with E-state index in [-0.39, 0.29) is 17.7 Å². The van der Waals surface area contributed by atoms with Gasteiger partial charge in [0.05, 0.1) is 0 Å². The number of nitrogens with one attached hydrogen (secondary N) is 2. The van der Waals surface area contributed by atoms with Gasteiger partial charge in [-0.3, -0.25) is 9.59 Å². The van der Waals surface area contributed by atoms with Gasteiger partial charge in [0.15, 0.2) is 0 Å². The van der Waals surface area contributed by atoms with E-state index in [0.717, 1.165) is 12.8 Å². The fourth-order valence-electron chi connectivity index (χ4n) is 3.57. The van der Waals surface area contributed by atoms with E-state index in [4.69, 9.17) is 5.73 Å². The second-order valence-corrected chi connectivity index (χ2v) is 5.97. The molecule has 2 aliphatic rings.